The van der Waals surface area contributed by atoms with Gasteiger partial charge in [0.1, 0.15) is 23.5 Å². The van der Waals surface area contributed by atoms with E-state index in [0.29, 0.717) is 16.6 Å². The fourth-order valence-electron chi connectivity index (χ4n) is 7.37. The van der Waals surface area contributed by atoms with Gasteiger partial charge in [-0.15, -0.1) is 0 Å². The lowest BCUT2D eigenvalue weighted by atomic mass is 9.99. The number of aromatic hydroxyl groups is 1. The van der Waals surface area contributed by atoms with Crippen LogP contribution in [0.1, 0.15) is 55.9 Å². The van der Waals surface area contributed by atoms with Crippen molar-refractivity contribution in [3.05, 3.63) is 124 Å². The molecule has 13 heteroatoms. The van der Waals surface area contributed by atoms with Crippen LogP contribution in [-0.4, -0.2) is 70.5 Å². The Morgan fingerprint density at radius 2 is 1.66 bits per heavy atom. The zero-order valence-corrected chi connectivity index (χ0v) is 31.5. The number of H-pyrrole nitrogens is 1. The van der Waals surface area contributed by atoms with Crippen LogP contribution >= 0.6 is 0 Å². The lowest BCUT2D eigenvalue weighted by Gasteiger charge is -2.42. The zero-order valence-electron chi connectivity index (χ0n) is 31.5. The van der Waals surface area contributed by atoms with Gasteiger partial charge in [-0.1, -0.05) is 48.5 Å². The minimum atomic E-state index is -1.09. The summed E-state index contributed by atoms with van der Waals surface area (Å²) >= 11 is 0. The van der Waals surface area contributed by atoms with Crippen molar-refractivity contribution in [2.24, 2.45) is 0 Å². The minimum absolute atomic E-state index is 0.0117. The molecule has 0 saturated carbocycles. The van der Waals surface area contributed by atoms with Gasteiger partial charge < -0.3 is 35.1 Å². The van der Waals surface area contributed by atoms with Crippen LogP contribution in [0.5, 0.6) is 5.75 Å². The molecule has 294 valence electrons. The molecule has 0 bridgehead atoms. The first-order chi connectivity index (χ1) is 27.0. The fraction of sp³-hybridized carbons (Fsp3) is 0.326. The summed E-state index contributed by atoms with van der Waals surface area (Å²) in [4.78, 5) is 40.3. The van der Waals surface area contributed by atoms with Crippen molar-refractivity contribution in [1.82, 2.24) is 10.3 Å². The lowest BCUT2D eigenvalue weighted by molar-refractivity contribution is -0.930. The SMILES string of the molecule is CC[N+]1(CC)CCC(OC(=O)Nc2cc(CCC(=O)Nc3cc(F)c(CNC[C@H](O)c4ccc(O)c5[nH]c(=O)ccc45)cc3F)ccc2-c2ccccc2)CC1. The second-order valence-corrected chi connectivity index (χ2v) is 14.3. The molecule has 0 aliphatic carbocycles. The van der Waals surface area contributed by atoms with E-state index in [1.54, 1.807) is 6.07 Å². The molecular weight excluding hydrogens is 720 g/mol. The molecule has 0 unspecified atom stereocenters. The molecule has 6 rings (SSSR count). The summed E-state index contributed by atoms with van der Waals surface area (Å²) in [5, 5.41) is 29.6. The number of anilines is 2. The Hall–Kier alpha value is -5.63. The van der Waals surface area contributed by atoms with E-state index in [0.717, 1.165) is 72.3 Å². The normalized spacial score (nSPS) is 14.7. The van der Waals surface area contributed by atoms with Crippen LogP contribution in [0.25, 0.3) is 22.0 Å². The summed E-state index contributed by atoms with van der Waals surface area (Å²) in [6, 6.07) is 22.7. The van der Waals surface area contributed by atoms with E-state index in [9.17, 15) is 24.6 Å². The van der Waals surface area contributed by atoms with E-state index in [1.807, 2.05) is 42.5 Å². The van der Waals surface area contributed by atoms with Gasteiger partial charge in [-0.3, -0.25) is 14.9 Å². The number of piperidine rings is 1. The molecule has 5 aromatic rings. The molecule has 2 heterocycles. The highest BCUT2D eigenvalue weighted by atomic mass is 19.1. The molecule has 11 nitrogen and oxygen atoms in total. The summed E-state index contributed by atoms with van der Waals surface area (Å²) in [7, 11) is 0. The van der Waals surface area contributed by atoms with Gasteiger partial charge in [0.05, 0.1) is 49.2 Å². The molecule has 1 atom stereocenters. The third-order valence-corrected chi connectivity index (χ3v) is 10.8. The molecule has 1 fully saturated rings. The number of likely N-dealkylation sites (tertiary alicyclic amines) is 1. The minimum Gasteiger partial charge on any atom is -0.506 e. The van der Waals surface area contributed by atoms with Crippen LogP contribution in [-0.2, 0) is 22.5 Å². The number of aromatic nitrogens is 1. The predicted molar refractivity (Wildman–Crippen MR) is 212 cm³/mol. The number of carbonyl (C=O) groups is 2. The highest BCUT2D eigenvalue weighted by Gasteiger charge is 2.33. The number of hydrogen-bond acceptors (Lipinski definition) is 7. The zero-order chi connectivity index (χ0) is 39.8. The molecule has 56 heavy (non-hydrogen) atoms. The number of phenolic OH excluding ortho intramolecular Hbond substituents is 1. The van der Waals surface area contributed by atoms with Gasteiger partial charge >= 0.3 is 6.09 Å². The van der Waals surface area contributed by atoms with E-state index in [1.165, 1.54) is 24.3 Å². The number of halogens is 2. The molecular formula is C43H48F2N5O6+. The molecule has 1 aliphatic heterocycles. The van der Waals surface area contributed by atoms with Gasteiger partial charge in [-0.05, 0) is 61.2 Å². The van der Waals surface area contributed by atoms with E-state index >= 15 is 8.78 Å². The number of aromatic amines is 1. The van der Waals surface area contributed by atoms with Crippen molar-refractivity contribution in [3.63, 3.8) is 0 Å². The second-order valence-electron chi connectivity index (χ2n) is 14.3. The molecule has 0 radical (unpaired) electrons. The Morgan fingerprint density at radius 3 is 2.39 bits per heavy atom. The summed E-state index contributed by atoms with van der Waals surface area (Å²) in [6.07, 6.45) is 0.0453. The largest absolute Gasteiger partial charge is 0.506 e. The summed E-state index contributed by atoms with van der Waals surface area (Å²) < 4.78 is 37.1. The molecule has 4 aromatic carbocycles. The van der Waals surface area contributed by atoms with Crippen LogP contribution in [0.4, 0.5) is 25.0 Å². The third-order valence-electron chi connectivity index (χ3n) is 10.8. The van der Waals surface area contributed by atoms with Gasteiger partial charge in [-0.2, -0.15) is 0 Å². The number of amides is 2. The maximum atomic E-state index is 15.1. The maximum Gasteiger partial charge on any atom is 0.411 e. The first kappa shape index (κ1) is 40.0. The Bertz CT molecular complexity index is 2230. The van der Waals surface area contributed by atoms with Gasteiger partial charge in [0.2, 0.25) is 11.5 Å². The quantitative estimate of drug-likeness (QED) is 0.0657. The molecule has 1 aromatic heterocycles. The van der Waals surface area contributed by atoms with E-state index < -0.39 is 35.3 Å². The van der Waals surface area contributed by atoms with Gasteiger partial charge in [0.15, 0.2) is 0 Å². The number of aliphatic hydroxyl groups excluding tert-OH is 1. The number of aryl methyl sites for hydroxylation is 1. The van der Waals surface area contributed by atoms with Crippen LogP contribution in [0.2, 0.25) is 0 Å². The number of carbonyl (C=O) groups excluding carboxylic acids is 2. The van der Waals surface area contributed by atoms with E-state index in [-0.39, 0.29) is 54.6 Å². The van der Waals surface area contributed by atoms with Crippen molar-refractivity contribution in [2.75, 3.05) is 43.4 Å². The predicted octanol–water partition coefficient (Wildman–Crippen LogP) is 7.14. The fourth-order valence-corrected chi connectivity index (χ4v) is 7.37. The van der Waals surface area contributed by atoms with E-state index in [4.69, 9.17) is 4.74 Å². The Labute approximate surface area is 323 Å². The standard InChI is InChI=1S/C43H47F2N5O6/c1-3-50(4-2)20-18-30(19-21-50)56-43(55)48-36-22-27(10-12-31(36)28-8-6-5-7-9-28)11-16-40(53)47-37-24-34(44)29(23-35(37)45)25-46-26-39(52)32-13-15-38(51)42-33(32)14-17-41(54)49-42/h5-10,12-15,17,22-24,30,39,46,52H,3-4,11,16,18-21,25-26H2,1-2H3,(H3-,47,48,49,51,53,54,55)/p+1/t39-/m0/s1. The molecule has 2 amide bonds. The number of hydrogen-bond donors (Lipinski definition) is 6. The summed E-state index contributed by atoms with van der Waals surface area (Å²) in [5.74, 6) is -2.24. The summed E-state index contributed by atoms with van der Waals surface area (Å²) in [6.45, 7) is 8.27. The van der Waals surface area contributed by atoms with Crippen LogP contribution < -0.4 is 21.5 Å². The van der Waals surface area contributed by atoms with Gasteiger partial charge in [0.25, 0.3) is 0 Å². The van der Waals surface area contributed by atoms with Crippen molar-refractivity contribution in [2.45, 2.75) is 58.3 Å². The van der Waals surface area contributed by atoms with Crippen molar-refractivity contribution >= 4 is 34.3 Å². The van der Waals surface area contributed by atoms with Crippen LogP contribution in [0.15, 0.2) is 89.7 Å². The number of pyridine rings is 1. The monoisotopic (exact) mass is 768 g/mol. The first-order valence-electron chi connectivity index (χ1n) is 19.0. The average molecular weight is 769 g/mol. The average Bonchev–Trinajstić information content (AvgIpc) is 3.20. The molecule has 1 saturated heterocycles. The number of aliphatic hydroxyl groups is 1. The smallest absolute Gasteiger partial charge is 0.411 e. The number of ether oxygens (including phenoxy) is 1. The van der Waals surface area contributed by atoms with Crippen LogP contribution in [0.3, 0.4) is 0 Å². The number of benzene rings is 4. The maximum absolute atomic E-state index is 15.1. The van der Waals surface area contributed by atoms with Gasteiger partial charge in [-0.25, -0.2) is 13.6 Å². The third kappa shape index (κ3) is 9.59. The van der Waals surface area contributed by atoms with Crippen molar-refractivity contribution in [1.29, 1.82) is 0 Å². The number of phenols is 1. The topological polar surface area (TPSA) is 153 Å². The Kier molecular flexibility index (Phi) is 12.8. The number of fused-ring (bicyclic) bond motifs is 1. The number of nitrogens with one attached hydrogen (secondary N) is 4. The molecule has 6 N–H and O–H groups in total. The number of rotatable bonds is 14. The number of quaternary nitrogens is 1. The van der Waals surface area contributed by atoms with E-state index in [2.05, 4.69) is 34.8 Å². The molecule has 1 aliphatic rings. The summed E-state index contributed by atoms with van der Waals surface area (Å²) in [5.41, 5.74) is 2.87. The van der Waals surface area contributed by atoms with Crippen molar-refractivity contribution < 1.29 is 37.8 Å². The molecule has 0 spiro atoms. The highest BCUT2D eigenvalue weighted by molar-refractivity contribution is 5.93. The van der Waals surface area contributed by atoms with Crippen LogP contribution in [0, 0.1) is 11.6 Å². The van der Waals surface area contributed by atoms with Crippen molar-refractivity contribution in [3.8, 4) is 16.9 Å². The van der Waals surface area contributed by atoms with Gasteiger partial charge in [0, 0.05) is 61.0 Å². The Balaban J connectivity index is 1.05. The number of nitrogens with zero attached hydrogens (tertiary/aromatic N) is 1. The second kappa shape index (κ2) is 17.9. The Morgan fingerprint density at radius 1 is 0.911 bits per heavy atom. The lowest BCUT2D eigenvalue weighted by Crippen LogP contribution is -2.54. The first-order valence-corrected chi connectivity index (χ1v) is 19.0. The highest BCUT2D eigenvalue weighted by Crippen LogP contribution is 2.31.